The van der Waals surface area contributed by atoms with E-state index in [4.69, 9.17) is 11.6 Å². The topological polar surface area (TPSA) is 17.1 Å². The molecule has 22 heavy (non-hydrogen) atoms. The summed E-state index contributed by atoms with van der Waals surface area (Å²) in [6.07, 6.45) is 0. The fraction of sp³-hybridized carbons (Fsp3) is 0. The molecule has 1 nitrogen and oxygen atoms in total. The minimum Gasteiger partial charge on any atom is -0.309 e. The standard InChI is InChI=1S/C18H13ClFOP/c19-14-11-12-18(17(20)13-14)22(21,15-7-3-1-4-8-15)16-9-5-2-6-10-16/h1-13H. The van der Waals surface area contributed by atoms with Gasteiger partial charge < -0.3 is 4.57 Å². The van der Waals surface area contributed by atoms with Crippen molar-refractivity contribution in [2.24, 2.45) is 0 Å². The van der Waals surface area contributed by atoms with Gasteiger partial charge in [0.05, 0.1) is 5.30 Å². The second-order valence-electron chi connectivity index (χ2n) is 4.88. The van der Waals surface area contributed by atoms with Crippen molar-refractivity contribution in [3.63, 3.8) is 0 Å². The maximum atomic E-state index is 14.5. The Morgan fingerprint density at radius 2 is 1.27 bits per heavy atom. The van der Waals surface area contributed by atoms with Gasteiger partial charge in [0.15, 0.2) is 7.14 Å². The normalized spacial score (nSPS) is 11.4. The molecule has 0 atom stereocenters. The van der Waals surface area contributed by atoms with Crippen LogP contribution >= 0.6 is 18.7 Å². The van der Waals surface area contributed by atoms with Crippen LogP contribution in [-0.2, 0) is 4.57 Å². The van der Waals surface area contributed by atoms with Crippen molar-refractivity contribution in [1.29, 1.82) is 0 Å². The molecule has 0 saturated carbocycles. The molecular weight excluding hydrogens is 318 g/mol. The highest BCUT2D eigenvalue weighted by Gasteiger charge is 2.32. The Labute approximate surface area is 133 Å². The highest BCUT2D eigenvalue weighted by atomic mass is 35.5. The molecule has 0 aliphatic carbocycles. The fourth-order valence-corrected chi connectivity index (χ4v) is 5.29. The maximum Gasteiger partial charge on any atom is 0.173 e. The van der Waals surface area contributed by atoms with Gasteiger partial charge in [-0.05, 0) is 18.2 Å². The van der Waals surface area contributed by atoms with Crippen LogP contribution in [0.25, 0.3) is 0 Å². The van der Waals surface area contributed by atoms with Gasteiger partial charge in [-0.1, -0.05) is 72.3 Å². The predicted molar refractivity (Wildman–Crippen MR) is 90.8 cm³/mol. The lowest BCUT2D eigenvalue weighted by molar-refractivity contribution is 0.589. The van der Waals surface area contributed by atoms with E-state index in [2.05, 4.69) is 0 Å². The second kappa shape index (κ2) is 6.08. The summed E-state index contributed by atoms with van der Waals surface area (Å²) in [6.45, 7) is 0. The number of hydrogen-bond acceptors (Lipinski definition) is 1. The molecule has 0 aliphatic heterocycles. The molecule has 3 aromatic carbocycles. The van der Waals surface area contributed by atoms with Crippen LogP contribution in [0.2, 0.25) is 5.02 Å². The van der Waals surface area contributed by atoms with Crippen LogP contribution in [-0.4, -0.2) is 0 Å². The Balaban J connectivity index is 2.31. The van der Waals surface area contributed by atoms with Crippen molar-refractivity contribution in [1.82, 2.24) is 0 Å². The van der Waals surface area contributed by atoms with Gasteiger partial charge in [-0.25, -0.2) is 4.39 Å². The molecule has 3 rings (SSSR count). The van der Waals surface area contributed by atoms with E-state index in [1.165, 1.54) is 12.1 Å². The third-order valence-corrected chi connectivity index (χ3v) is 6.82. The first-order valence-corrected chi connectivity index (χ1v) is 8.88. The van der Waals surface area contributed by atoms with E-state index in [1.807, 2.05) is 12.1 Å². The first-order valence-electron chi connectivity index (χ1n) is 6.79. The average Bonchev–Trinajstić information content (AvgIpc) is 2.56. The zero-order chi connectivity index (χ0) is 15.6. The zero-order valence-corrected chi connectivity index (χ0v) is 13.3. The first-order chi connectivity index (χ1) is 10.6. The Kier molecular flexibility index (Phi) is 4.15. The van der Waals surface area contributed by atoms with Crippen LogP contribution in [0, 0.1) is 5.82 Å². The Morgan fingerprint density at radius 3 is 1.73 bits per heavy atom. The molecule has 4 heteroatoms. The van der Waals surface area contributed by atoms with Gasteiger partial charge in [-0.3, -0.25) is 0 Å². The van der Waals surface area contributed by atoms with Gasteiger partial charge >= 0.3 is 0 Å². The van der Waals surface area contributed by atoms with Crippen LogP contribution in [0.4, 0.5) is 4.39 Å². The van der Waals surface area contributed by atoms with Crippen LogP contribution in [0.15, 0.2) is 78.9 Å². The molecule has 0 aromatic heterocycles. The highest BCUT2D eigenvalue weighted by Crippen LogP contribution is 2.43. The van der Waals surface area contributed by atoms with Gasteiger partial charge in [0.25, 0.3) is 0 Å². The minimum absolute atomic E-state index is 0.175. The molecule has 0 aliphatic rings. The molecule has 0 heterocycles. The predicted octanol–water partition coefficient (Wildman–Crippen LogP) is 4.12. The molecule has 0 saturated heterocycles. The van der Waals surface area contributed by atoms with Crippen LogP contribution in [0.5, 0.6) is 0 Å². The second-order valence-corrected chi connectivity index (χ2v) is 8.05. The number of halogens is 2. The lowest BCUT2D eigenvalue weighted by atomic mass is 10.3. The molecular formula is C18H13ClFOP. The Morgan fingerprint density at radius 1 is 0.773 bits per heavy atom. The third-order valence-electron chi connectivity index (χ3n) is 3.49. The summed E-state index contributed by atoms with van der Waals surface area (Å²) in [4.78, 5) is 0. The maximum absolute atomic E-state index is 14.5. The van der Waals surface area contributed by atoms with Gasteiger partial charge in [0.2, 0.25) is 0 Å². The lowest BCUT2D eigenvalue weighted by Crippen LogP contribution is -2.27. The summed E-state index contributed by atoms with van der Waals surface area (Å²) in [7, 11) is -3.27. The van der Waals surface area contributed by atoms with E-state index >= 15 is 0 Å². The largest absolute Gasteiger partial charge is 0.309 e. The van der Waals surface area contributed by atoms with Crippen molar-refractivity contribution in [3.05, 3.63) is 89.7 Å². The minimum atomic E-state index is -3.27. The van der Waals surface area contributed by atoms with Crippen LogP contribution in [0.3, 0.4) is 0 Å². The third kappa shape index (κ3) is 2.61. The summed E-state index contributed by atoms with van der Waals surface area (Å²) in [6, 6.07) is 22.3. The van der Waals surface area contributed by atoms with Crippen molar-refractivity contribution in [3.8, 4) is 0 Å². The van der Waals surface area contributed by atoms with E-state index in [0.717, 1.165) is 0 Å². The van der Waals surface area contributed by atoms with Gasteiger partial charge in [-0.15, -0.1) is 0 Å². The molecule has 0 unspecified atom stereocenters. The van der Waals surface area contributed by atoms with Crippen molar-refractivity contribution >= 4 is 34.7 Å². The van der Waals surface area contributed by atoms with E-state index in [1.54, 1.807) is 54.6 Å². The molecule has 0 amide bonds. The van der Waals surface area contributed by atoms with Crippen LogP contribution < -0.4 is 15.9 Å². The van der Waals surface area contributed by atoms with E-state index in [9.17, 15) is 8.96 Å². The Hall–Kier alpha value is -1.89. The molecule has 0 bridgehead atoms. The van der Waals surface area contributed by atoms with Crippen molar-refractivity contribution < 1.29 is 8.96 Å². The molecule has 0 radical (unpaired) electrons. The zero-order valence-electron chi connectivity index (χ0n) is 11.6. The van der Waals surface area contributed by atoms with Gasteiger partial charge in [0, 0.05) is 15.6 Å². The van der Waals surface area contributed by atoms with E-state index < -0.39 is 13.0 Å². The molecule has 110 valence electrons. The summed E-state index contributed by atoms with van der Waals surface area (Å²) < 4.78 is 28.3. The smallest absolute Gasteiger partial charge is 0.173 e. The van der Waals surface area contributed by atoms with E-state index in [0.29, 0.717) is 10.6 Å². The van der Waals surface area contributed by atoms with E-state index in [-0.39, 0.29) is 10.3 Å². The highest BCUT2D eigenvalue weighted by molar-refractivity contribution is 7.85. The summed E-state index contributed by atoms with van der Waals surface area (Å²) in [5, 5.41) is 1.66. The van der Waals surface area contributed by atoms with Gasteiger partial charge in [-0.2, -0.15) is 0 Å². The van der Waals surface area contributed by atoms with Crippen LogP contribution in [0.1, 0.15) is 0 Å². The fourth-order valence-electron chi connectivity index (χ4n) is 2.44. The summed E-state index contributed by atoms with van der Waals surface area (Å²) in [5.41, 5.74) is 0. The molecule has 0 spiro atoms. The van der Waals surface area contributed by atoms with Crippen molar-refractivity contribution in [2.75, 3.05) is 0 Å². The molecule has 3 aromatic rings. The molecule has 0 N–H and O–H groups in total. The lowest BCUT2D eigenvalue weighted by Gasteiger charge is -2.20. The Bertz CT molecular complexity index is 791. The number of rotatable bonds is 3. The SMILES string of the molecule is O=P(c1ccccc1)(c1ccccc1)c1ccc(Cl)cc1F. The average molecular weight is 331 g/mol. The summed E-state index contributed by atoms with van der Waals surface area (Å²) >= 11 is 5.83. The molecule has 0 fully saturated rings. The first kappa shape index (κ1) is 15.0. The number of benzene rings is 3. The quantitative estimate of drug-likeness (QED) is 0.660. The monoisotopic (exact) mass is 330 g/mol. The van der Waals surface area contributed by atoms with Crippen molar-refractivity contribution in [2.45, 2.75) is 0 Å². The number of hydrogen-bond donors (Lipinski definition) is 0. The summed E-state index contributed by atoms with van der Waals surface area (Å²) in [5.74, 6) is -0.552. The van der Waals surface area contributed by atoms with Gasteiger partial charge in [0.1, 0.15) is 5.82 Å².